The summed E-state index contributed by atoms with van der Waals surface area (Å²) in [5, 5.41) is 5.96. The fourth-order valence-corrected chi connectivity index (χ4v) is 1.44. The van der Waals surface area contributed by atoms with Crippen molar-refractivity contribution in [2.45, 2.75) is 45.3 Å². The van der Waals surface area contributed by atoms with Crippen molar-refractivity contribution >= 4 is 18.5 Å². The Kier molecular flexibility index (Phi) is 4.87. The summed E-state index contributed by atoms with van der Waals surface area (Å²) in [4.78, 5) is 11.5. The van der Waals surface area contributed by atoms with Crippen molar-refractivity contribution in [1.82, 2.24) is 10.6 Å². The first-order chi connectivity index (χ1) is 6.31. The Morgan fingerprint density at radius 1 is 1.47 bits per heavy atom. The molecule has 1 fully saturated rings. The molecule has 4 nitrogen and oxygen atoms in total. The number of alkyl carbamates (subject to hydrolysis) is 1. The number of hydrogen-bond acceptors (Lipinski definition) is 3. The zero-order chi connectivity index (χ0) is 10.8. The molecule has 0 aromatic rings. The lowest BCUT2D eigenvalue weighted by Crippen LogP contribution is -2.45. The smallest absolute Gasteiger partial charge is 0.408 e. The summed E-state index contributed by atoms with van der Waals surface area (Å²) in [7, 11) is 0. The van der Waals surface area contributed by atoms with Gasteiger partial charge < -0.3 is 15.4 Å². The highest BCUT2D eigenvalue weighted by Gasteiger charge is 2.33. The molecule has 1 aliphatic rings. The van der Waals surface area contributed by atoms with E-state index in [0.29, 0.717) is 0 Å². The number of rotatable bonds is 1. The maximum Gasteiger partial charge on any atom is 0.408 e. The molecular weight excluding hydrogens is 216 g/mol. The Labute approximate surface area is 97.5 Å². The minimum atomic E-state index is -0.338. The summed E-state index contributed by atoms with van der Waals surface area (Å²) in [6.45, 7) is 9.41. The highest BCUT2D eigenvalue weighted by atomic mass is 35.5. The third-order valence-electron chi connectivity index (χ3n) is 2.15. The van der Waals surface area contributed by atoms with E-state index in [-0.39, 0.29) is 29.6 Å². The van der Waals surface area contributed by atoms with Gasteiger partial charge in [0, 0.05) is 18.5 Å². The lowest BCUT2D eigenvalue weighted by Gasteiger charge is -2.27. The molecule has 2 N–H and O–H groups in total. The molecule has 1 saturated heterocycles. The standard InChI is InChI=1S/C10H20N2O2.ClH/c1-9(2,3)12-8(13)14-10(4)5-6-11-7-10;/h11H,5-7H2,1-4H3,(H,12,13);1H/t10-;/m0./s1. The molecule has 15 heavy (non-hydrogen) atoms. The number of carbonyl (C=O) groups is 1. The van der Waals surface area contributed by atoms with Gasteiger partial charge in [0.25, 0.3) is 0 Å². The van der Waals surface area contributed by atoms with E-state index in [9.17, 15) is 4.79 Å². The molecule has 1 atom stereocenters. The SMILES string of the molecule is CC(C)(C)NC(=O)O[C@@]1(C)CCNC1.Cl. The van der Waals surface area contributed by atoms with E-state index >= 15 is 0 Å². The molecule has 1 amide bonds. The van der Waals surface area contributed by atoms with Gasteiger partial charge in [-0.15, -0.1) is 12.4 Å². The molecular formula is C10H21ClN2O2. The van der Waals surface area contributed by atoms with Crippen molar-refractivity contribution in [1.29, 1.82) is 0 Å². The summed E-state index contributed by atoms with van der Waals surface area (Å²) in [6.07, 6.45) is 0.550. The van der Waals surface area contributed by atoms with Gasteiger partial charge in [0.15, 0.2) is 0 Å². The fourth-order valence-electron chi connectivity index (χ4n) is 1.44. The van der Waals surface area contributed by atoms with Crippen LogP contribution in [0.3, 0.4) is 0 Å². The third kappa shape index (κ3) is 5.23. The maximum absolute atomic E-state index is 11.5. The van der Waals surface area contributed by atoms with Crippen LogP contribution in [0.1, 0.15) is 34.1 Å². The third-order valence-corrected chi connectivity index (χ3v) is 2.15. The molecule has 0 saturated carbocycles. The normalized spacial score (nSPS) is 25.6. The number of nitrogens with one attached hydrogen (secondary N) is 2. The number of carbonyl (C=O) groups excluding carboxylic acids is 1. The summed E-state index contributed by atoms with van der Waals surface area (Å²) in [6, 6.07) is 0. The van der Waals surface area contributed by atoms with Crippen molar-refractivity contribution in [3.63, 3.8) is 0 Å². The molecule has 0 radical (unpaired) electrons. The van der Waals surface area contributed by atoms with Gasteiger partial charge in [-0.25, -0.2) is 4.79 Å². The van der Waals surface area contributed by atoms with Crippen LogP contribution in [0, 0.1) is 0 Å². The Hall–Kier alpha value is -0.480. The monoisotopic (exact) mass is 236 g/mol. The number of ether oxygens (including phenoxy) is 1. The Bertz CT molecular complexity index is 220. The molecule has 0 aromatic carbocycles. The summed E-state index contributed by atoms with van der Waals surface area (Å²) < 4.78 is 5.36. The predicted octanol–water partition coefficient (Wildman–Crippen LogP) is 1.68. The highest BCUT2D eigenvalue weighted by Crippen LogP contribution is 2.19. The van der Waals surface area contributed by atoms with Crippen LogP contribution < -0.4 is 10.6 Å². The van der Waals surface area contributed by atoms with E-state index in [1.54, 1.807) is 0 Å². The van der Waals surface area contributed by atoms with E-state index in [1.165, 1.54) is 0 Å². The fraction of sp³-hybridized carbons (Fsp3) is 0.900. The topological polar surface area (TPSA) is 50.4 Å². The summed E-state index contributed by atoms with van der Waals surface area (Å²) in [5.74, 6) is 0. The van der Waals surface area contributed by atoms with E-state index < -0.39 is 0 Å². The molecule has 0 aromatic heterocycles. The van der Waals surface area contributed by atoms with Gasteiger partial charge in [-0.2, -0.15) is 0 Å². The van der Waals surface area contributed by atoms with Crippen LogP contribution in [0.2, 0.25) is 0 Å². The van der Waals surface area contributed by atoms with Gasteiger partial charge in [-0.05, 0) is 34.2 Å². The second-order valence-electron chi connectivity index (χ2n) is 5.14. The zero-order valence-corrected chi connectivity index (χ0v) is 10.7. The van der Waals surface area contributed by atoms with Crippen LogP contribution in [-0.4, -0.2) is 30.3 Å². The van der Waals surface area contributed by atoms with E-state index in [2.05, 4.69) is 10.6 Å². The molecule has 0 unspecified atom stereocenters. The van der Waals surface area contributed by atoms with Crippen molar-refractivity contribution < 1.29 is 9.53 Å². The van der Waals surface area contributed by atoms with Crippen LogP contribution in [0.5, 0.6) is 0 Å². The quantitative estimate of drug-likeness (QED) is 0.729. The Balaban J connectivity index is 0.00000196. The van der Waals surface area contributed by atoms with Crippen molar-refractivity contribution in [2.75, 3.05) is 13.1 Å². The lowest BCUT2D eigenvalue weighted by atomic mass is 10.1. The Morgan fingerprint density at radius 2 is 2.07 bits per heavy atom. The average Bonchev–Trinajstić information content (AvgIpc) is 2.30. The number of hydrogen-bond donors (Lipinski definition) is 2. The van der Waals surface area contributed by atoms with Crippen molar-refractivity contribution in [3.8, 4) is 0 Å². The molecule has 5 heteroatoms. The van der Waals surface area contributed by atoms with Crippen LogP contribution in [0.25, 0.3) is 0 Å². The molecule has 0 aliphatic carbocycles. The minimum Gasteiger partial charge on any atom is -0.442 e. The average molecular weight is 237 g/mol. The van der Waals surface area contributed by atoms with Gasteiger partial charge in [-0.1, -0.05) is 0 Å². The predicted molar refractivity (Wildman–Crippen MR) is 62.5 cm³/mol. The molecule has 0 bridgehead atoms. The van der Waals surface area contributed by atoms with Gasteiger partial charge in [0.2, 0.25) is 0 Å². The summed E-state index contributed by atoms with van der Waals surface area (Å²) >= 11 is 0. The minimum absolute atomic E-state index is 0. The van der Waals surface area contributed by atoms with E-state index in [0.717, 1.165) is 19.5 Å². The zero-order valence-electron chi connectivity index (χ0n) is 9.85. The van der Waals surface area contributed by atoms with Crippen LogP contribution in [0.4, 0.5) is 4.79 Å². The second kappa shape index (κ2) is 5.03. The number of halogens is 1. The molecule has 90 valence electrons. The first-order valence-corrected chi connectivity index (χ1v) is 5.03. The number of amides is 1. The van der Waals surface area contributed by atoms with Gasteiger partial charge in [0.05, 0.1) is 0 Å². The van der Waals surface area contributed by atoms with Crippen molar-refractivity contribution in [3.05, 3.63) is 0 Å². The molecule has 1 rings (SSSR count). The van der Waals surface area contributed by atoms with Crippen LogP contribution in [-0.2, 0) is 4.74 Å². The van der Waals surface area contributed by atoms with Crippen molar-refractivity contribution in [2.24, 2.45) is 0 Å². The van der Waals surface area contributed by atoms with Gasteiger partial charge in [-0.3, -0.25) is 0 Å². The second-order valence-corrected chi connectivity index (χ2v) is 5.14. The largest absolute Gasteiger partial charge is 0.442 e. The van der Waals surface area contributed by atoms with E-state index in [4.69, 9.17) is 4.74 Å². The van der Waals surface area contributed by atoms with Gasteiger partial charge >= 0.3 is 6.09 Å². The molecule has 1 aliphatic heterocycles. The Morgan fingerprint density at radius 3 is 2.47 bits per heavy atom. The maximum atomic E-state index is 11.5. The lowest BCUT2D eigenvalue weighted by molar-refractivity contribution is 0.0358. The van der Waals surface area contributed by atoms with Crippen LogP contribution >= 0.6 is 12.4 Å². The first-order valence-electron chi connectivity index (χ1n) is 5.03. The first kappa shape index (κ1) is 14.5. The molecule has 0 spiro atoms. The van der Waals surface area contributed by atoms with Crippen LogP contribution in [0.15, 0.2) is 0 Å². The van der Waals surface area contributed by atoms with E-state index in [1.807, 2.05) is 27.7 Å². The molecule has 1 heterocycles. The summed E-state index contributed by atoms with van der Waals surface area (Å²) in [5.41, 5.74) is -0.575. The highest BCUT2D eigenvalue weighted by molar-refractivity contribution is 5.85. The van der Waals surface area contributed by atoms with Gasteiger partial charge in [0.1, 0.15) is 5.60 Å².